The topological polar surface area (TPSA) is 38.8 Å². The monoisotopic (exact) mass is 393 g/mol. The second kappa shape index (κ2) is 9.10. The van der Waals surface area contributed by atoms with E-state index in [4.69, 9.17) is 4.74 Å². The van der Waals surface area contributed by atoms with Gasteiger partial charge in [0.1, 0.15) is 5.75 Å². The average Bonchev–Trinajstić information content (AvgIpc) is 2.67. The SMILES string of the molecule is O=C(CCc1ccc(OC(F)(F)F)cc1)N1CCOC(Cc2ccccc2)C1. The standard InChI is InChI=1S/C21H22F3NO3/c22-21(23,24)28-18-9-6-16(7-10-18)8-11-20(26)25-12-13-27-19(15-25)14-17-4-2-1-3-5-17/h1-7,9-10,19H,8,11-15H2. The number of hydrogen-bond donors (Lipinski definition) is 0. The maximum absolute atomic E-state index is 12.5. The van der Waals surface area contributed by atoms with Crippen molar-refractivity contribution in [3.63, 3.8) is 0 Å². The Morgan fingerprint density at radius 1 is 1.07 bits per heavy atom. The summed E-state index contributed by atoms with van der Waals surface area (Å²) in [5, 5.41) is 0. The lowest BCUT2D eigenvalue weighted by atomic mass is 10.1. The maximum atomic E-state index is 12.5. The van der Waals surface area contributed by atoms with Crippen LogP contribution in [0.1, 0.15) is 17.5 Å². The lowest BCUT2D eigenvalue weighted by Crippen LogP contribution is -2.46. The number of alkyl halides is 3. The molecule has 1 heterocycles. The molecule has 1 saturated heterocycles. The molecule has 2 aromatic carbocycles. The van der Waals surface area contributed by atoms with Gasteiger partial charge in [0.15, 0.2) is 0 Å². The summed E-state index contributed by atoms with van der Waals surface area (Å²) in [7, 11) is 0. The lowest BCUT2D eigenvalue weighted by Gasteiger charge is -2.33. The first-order chi connectivity index (χ1) is 13.4. The molecule has 0 spiro atoms. The van der Waals surface area contributed by atoms with Gasteiger partial charge in [0, 0.05) is 25.9 Å². The van der Waals surface area contributed by atoms with Gasteiger partial charge in [0.05, 0.1) is 12.7 Å². The number of carbonyl (C=O) groups excluding carboxylic acids is 1. The number of hydrogen-bond acceptors (Lipinski definition) is 3. The summed E-state index contributed by atoms with van der Waals surface area (Å²) in [6.45, 7) is 1.61. The molecular weight excluding hydrogens is 371 g/mol. The van der Waals surface area contributed by atoms with Crippen LogP contribution in [0.2, 0.25) is 0 Å². The first-order valence-corrected chi connectivity index (χ1v) is 9.17. The van der Waals surface area contributed by atoms with Gasteiger partial charge in [-0.25, -0.2) is 0 Å². The minimum atomic E-state index is -4.70. The van der Waals surface area contributed by atoms with E-state index in [0.717, 1.165) is 12.0 Å². The van der Waals surface area contributed by atoms with Crippen molar-refractivity contribution in [3.8, 4) is 5.75 Å². The Morgan fingerprint density at radius 2 is 1.79 bits per heavy atom. The van der Waals surface area contributed by atoms with Crippen molar-refractivity contribution in [2.75, 3.05) is 19.7 Å². The molecule has 0 radical (unpaired) electrons. The Kier molecular flexibility index (Phi) is 6.57. The van der Waals surface area contributed by atoms with Gasteiger partial charge in [-0.15, -0.1) is 13.2 Å². The van der Waals surface area contributed by atoms with Gasteiger partial charge in [-0.1, -0.05) is 42.5 Å². The van der Waals surface area contributed by atoms with E-state index >= 15 is 0 Å². The molecule has 150 valence electrons. The van der Waals surface area contributed by atoms with Crippen molar-refractivity contribution < 1.29 is 27.4 Å². The summed E-state index contributed by atoms with van der Waals surface area (Å²) in [5.41, 5.74) is 1.96. The van der Waals surface area contributed by atoms with Crippen molar-refractivity contribution in [1.29, 1.82) is 0 Å². The summed E-state index contributed by atoms with van der Waals surface area (Å²) in [6, 6.07) is 15.6. The first-order valence-electron chi connectivity index (χ1n) is 9.17. The van der Waals surface area contributed by atoms with Crippen LogP contribution < -0.4 is 4.74 Å². The van der Waals surface area contributed by atoms with Gasteiger partial charge in [0.2, 0.25) is 5.91 Å². The molecule has 3 rings (SSSR count). The van der Waals surface area contributed by atoms with Gasteiger partial charge < -0.3 is 14.4 Å². The van der Waals surface area contributed by atoms with E-state index in [0.29, 0.717) is 32.5 Å². The Balaban J connectivity index is 1.47. The number of halogens is 3. The molecule has 0 saturated carbocycles. The molecule has 1 aliphatic rings. The molecule has 7 heteroatoms. The van der Waals surface area contributed by atoms with Crippen molar-refractivity contribution in [2.45, 2.75) is 31.7 Å². The van der Waals surface area contributed by atoms with Crippen LogP contribution in [-0.4, -0.2) is 43.0 Å². The molecule has 1 fully saturated rings. The normalized spacial score (nSPS) is 17.4. The van der Waals surface area contributed by atoms with E-state index in [1.165, 1.54) is 17.7 Å². The molecule has 0 aliphatic carbocycles. The number of nitrogens with zero attached hydrogens (tertiary/aromatic N) is 1. The van der Waals surface area contributed by atoms with Gasteiger partial charge in [-0.3, -0.25) is 4.79 Å². The number of ether oxygens (including phenoxy) is 2. The Hall–Kier alpha value is -2.54. The third-order valence-corrected chi connectivity index (χ3v) is 4.58. The van der Waals surface area contributed by atoms with Gasteiger partial charge in [-0.2, -0.15) is 0 Å². The molecule has 1 atom stereocenters. The Bertz CT molecular complexity index is 763. The molecule has 0 N–H and O–H groups in total. The number of rotatable bonds is 6. The first kappa shape index (κ1) is 20.2. The third kappa shape index (κ3) is 6.27. The van der Waals surface area contributed by atoms with Crippen LogP contribution in [0.5, 0.6) is 5.75 Å². The zero-order valence-electron chi connectivity index (χ0n) is 15.3. The Labute approximate surface area is 161 Å². The number of benzene rings is 2. The van der Waals surface area contributed by atoms with Crippen LogP contribution in [-0.2, 0) is 22.4 Å². The predicted molar refractivity (Wildman–Crippen MR) is 97.9 cm³/mol. The number of carbonyl (C=O) groups is 1. The molecule has 1 unspecified atom stereocenters. The van der Waals surface area contributed by atoms with Crippen LogP contribution in [0, 0.1) is 0 Å². The predicted octanol–water partition coefficient (Wildman–Crippen LogP) is 3.99. The molecule has 1 aliphatic heterocycles. The Morgan fingerprint density at radius 3 is 2.46 bits per heavy atom. The highest BCUT2D eigenvalue weighted by molar-refractivity contribution is 5.76. The molecule has 1 amide bonds. The van der Waals surface area contributed by atoms with Gasteiger partial charge >= 0.3 is 6.36 Å². The summed E-state index contributed by atoms with van der Waals surface area (Å²) in [4.78, 5) is 14.3. The zero-order chi connectivity index (χ0) is 20.0. The summed E-state index contributed by atoms with van der Waals surface area (Å²) in [5.74, 6) is -0.239. The average molecular weight is 393 g/mol. The molecule has 4 nitrogen and oxygen atoms in total. The second-order valence-corrected chi connectivity index (χ2v) is 6.71. The number of morpholine rings is 1. The molecule has 0 bridgehead atoms. The zero-order valence-corrected chi connectivity index (χ0v) is 15.3. The summed E-state index contributed by atoms with van der Waals surface area (Å²) < 4.78 is 46.2. The van der Waals surface area contributed by atoms with Crippen LogP contribution in [0.4, 0.5) is 13.2 Å². The van der Waals surface area contributed by atoms with Crippen LogP contribution in [0.25, 0.3) is 0 Å². The largest absolute Gasteiger partial charge is 0.573 e. The second-order valence-electron chi connectivity index (χ2n) is 6.71. The van der Waals surface area contributed by atoms with Crippen LogP contribution in [0.3, 0.4) is 0 Å². The van der Waals surface area contributed by atoms with Crippen LogP contribution in [0.15, 0.2) is 54.6 Å². The molecule has 28 heavy (non-hydrogen) atoms. The minimum absolute atomic E-state index is 0.0250. The van der Waals surface area contributed by atoms with Crippen molar-refractivity contribution in [3.05, 3.63) is 65.7 Å². The number of aryl methyl sites for hydroxylation is 1. The highest BCUT2D eigenvalue weighted by atomic mass is 19.4. The molecule has 0 aromatic heterocycles. The quantitative estimate of drug-likeness (QED) is 0.745. The van der Waals surface area contributed by atoms with Crippen molar-refractivity contribution in [1.82, 2.24) is 4.90 Å². The minimum Gasteiger partial charge on any atom is -0.406 e. The van der Waals surface area contributed by atoms with Gasteiger partial charge in [-0.05, 0) is 29.7 Å². The van der Waals surface area contributed by atoms with E-state index in [9.17, 15) is 18.0 Å². The fourth-order valence-corrected chi connectivity index (χ4v) is 3.21. The lowest BCUT2D eigenvalue weighted by molar-refractivity contribution is -0.274. The highest BCUT2D eigenvalue weighted by Gasteiger charge is 2.31. The van der Waals surface area contributed by atoms with E-state index < -0.39 is 6.36 Å². The fraction of sp³-hybridized carbons (Fsp3) is 0.381. The number of amides is 1. The molecular formula is C21H22F3NO3. The highest BCUT2D eigenvalue weighted by Crippen LogP contribution is 2.23. The van der Waals surface area contributed by atoms with E-state index in [-0.39, 0.29) is 17.8 Å². The summed E-state index contributed by atoms with van der Waals surface area (Å²) >= 11 is 0. The van der Waals surface area contributed by atoms with Crippen molar-refractivity contribution >= 4 is 5.91 Å². The maximum Gasteiger partial charge on any atom is 0.573 e. The third-order valence-electron chi connectivity index (χ3n) is 4.58. The van der Waals surface area contributed by atoms with E-state index in [2.05, 4.69) is 4.74 Å². The van der Waals surface area contributed by atoms with Gasteiger partial charge in [0.25, 0.3) is 0 Å². The van der Waals surface area contributed by atoms with Crippen molar-refractivity contribution in [2.24, 2.45) is 0 Å². The smallest absolute Gasteiger partial charge is 0.406 e. The molecule has 2 aromatic rings. The summed E-state index contributed by atoms with van der Waals surface area (Å²) in [6.07, 6.45) is -3.21. The fourth-order valence-electron chi connectivity index (χ4n) is 3.21. The van der Waals surface area contributed by atoms with E-state index in [1.807, 2.05) is 30.3 Å². The van der Waals surface area contributed by atoms with E-state index in [1.54, 1.807) is 17.0 Å². The van der Waals surface area contributed by atoms with Crippen LogP contribution >= 0.6 is 0 Å².